The second kappa shape index (κ2) is 6.95. The van der Waals surface area contributed by atoms with E-state index >= 15 is 0 Å². The minimum absolute atomic E-state index is 0.310. The molecule has 1 aromatic heterocycles. The summed E-state index contributed by atoms with van der Waals surface area (Å²) >= 11 is 6.03. The molecule has 1 N–H and O–H groups in total. The predicted octanol–water partition coefficient (Wildman–Crippen LogP) is 3.52. The van der Waals surface area contributed by atoms with Crippen LogP contribution < -0.4 is 9.47 Å². The smallest absolute Gasteiger partial charge is 0.161 e. The first-order chi connectivity index (χ1) is 10.2. The third-order valence-corrected chi connectivity index (χ3v) is 3.31. The molecule has 0 bridgehead atoms. The van der Waals surface area contributed by atoms with Crippen LogP contribution in [0.4, 0.5) is 0 Å². The van der Waals surface area contributed by atoms with Crippen LogP contribution in [0.5, 0.6) is 11.5 Å². The molecule has 0 fully saturated rings. The van der Waals surface area contributed by atoms with Crippen LogP contribution in [0.2, 0.25) is 5.02 Å². The van der Waals surface area contributed by atoms with E-state index < -0.39 is 0 Å². The summed E-state index contributed by atoms with van der Waals surface area (Å²) in [6.45, 7) is 2.01. The van der Waals surface area contributed by atoms with Crippen LogP contribution >= 0.6 is 11.6 Å². The van der Waals surface area contributed by atoms with Crippen molar-refractivity contribution in [3.63, 3.8) is 0 Å². The van der Waals surface area contributed by atoms with E-state index in [1.165, 1.54) is 0 Å². The number of hydrogen-bond acceptors (Lipinski definition) is 5. The standard InChI is InChI=1S/C15H15ClN2O3/c1-10(18-19)11-3-4-14(15(7-11)20-2)21-9-12-5-6-17-8-13(12)16/h3-8,19H,9H2,1-2H3. The second-order valence-electron chi connectivity index (χ2n) is 4.31. The molecule has 110 valence electrons. The largest absolute Gasteiger partial charge is 0.493 e. The van der Waals surface area contributed by atoms with Gasteiger partial charge in [0.1, 0.15) is 6.61 Å². The molecular formula is C15H15ClN2O3. The normalized spacial score (nSPS) is 11.3. The van der Waals surface area contributed by atoms with Gasteiger partial charge in [-0.3, -0.25) is 4.98 Å². The molecule has 0 unspecified atom stereocenters. The van der Waals surface area contributed by atoms with E-state index in [-0.39, 0.29) is 0 Å². The van der Waals surface area contributed by atoms with Crippen LogP contribution in [0.3, 0.4) is 0 Å². The summed E-state index contributed by atoms with van der Waals surface area (Å²) in [5.41, 5.74) is 2.09. The zero-order chi connectivity index (χ0) is 15.2. The maximum Gasteiger partial charge on any atom is 0.161 e. The van der Waals surface area contributed by atoms with E-state index in [0.717, 1.165) is 11.1 Å². The van der Waals surface area contributed by atoms with Gasteiger partial charge in [-0.25, -0.2) is 0 Å². The molecule has 0 aliphatic heterocycles. The Morgan fingerprint density at radius 3 is 2.81 bits per heavy atom. The Hall–Kier alpha value is -2.27. The second-order valence-corrected chi connectivity index (χ2v) is 4.71. The SMILES string of the molecule is COc1cc(C(C)=NO)ccc1OCc1ccncc1Cl. The molecule has 0 saturated heterocycles. The predicted molar refractivity (Wildman–Crippen MR) is 80.6 cm³/mol. The molecule has 2 rings (SSSR count). The molecule has 0 atom stereocenters. The van der Waals surface area contributed by atoms with Crippen molar-refractivity contribution >= 4 is 17.3 Å². The quantitative estimate of drug-likeness (QED) is 0.521. The van der Waals surface area contributed by atoms with E-state index in [1.807, 2.05) is 0 Å². The van der Waals surface area contributed by atoms with Gasteiger partial charge in [0.25, 0.3) is 0 Å². The lowest BCUT2D eigenvalue weighted by Crippen LogP contribution is -2.01. The molecule has 0 amide bonds. The summed E-state index contributed by atoms with van der Waals surface area (Å²) in [5, 5.41) is 12.5. The van der Waals surface area contributed by atoms with Gasteiger partial charge in [0.05, 0.1) is 17.8 Å². The number of methoxy groups -OCH3 is 1. The Bertz CT molecular complexity index is 659. The maximum atomic E-state index is 8.80. The van der Waals surface area contributed by atoms with Crippen LogP contribution in [0, 0.1) is 0 Å². The van der Waals surface area contributed by atoms with E-state index in [4.69, 9.17) is 26.3 Å². The highest BCUT2D eigenvalue weighted by molar-refractivity contribution is 6.31. The van der Waals surface area contributed by atoms with Gasteiger partial charge in [0.15, 0.2) is 11.5 Å². The van der Waals surface area contributed by atoms with Crippen LogP contribution in [-0.2, 0) is 6.61 Å². The summed E-state index contributed by atoms with van der Waals surface area (Å²) < 4.78 is 11.0. The van der Waals surface area contributed by atoms with Crippen molar-refractivity contribution in [1.29, 1.82) is 0 Å². The Morgan fingerprint density at radius 2 is 2.14 bits per heavy atom. The zero-order valence-corrected chi connectivity index (χ0v) is 12.5. The van der Waals surface area contributed by atoms with Crippen LogP contribution in [0.15, 0.2) is 41.8 Å². The van der Waals surface area contributed by atoms with Gasteiger partial charge in [-0.1, -0.05) is 16.8 Å². The maximum absolute atomic E-state index is 8.80. The number of halogens is 1. The molecule has 6 heteroatoms. The lowest BCUT2D eigenvalue weighted by Gasteiger charge is -2.12. The Labute approximate surface area is 127 Å². The lowest BCUT2D eigenvalue weighted by atomic mass is 10.1. The van der Waals surface area contributed by atoms with Crippen LogP contribution in [0.1, 0.15) is 18.1 Å². The minimum Gasteiger partial charge on any atom is -0.493 e. The molecular weight excluding hydrogens is 292 g/mol. The van der Waals surface area contributed by atoms with Gasteiger partial charge < -0.3 is 14.7 Å². The number of oxime groups is 1. The summed E-state index contributed by atoms with van der Waals surface area (Å²) in [4.78, 5) is 3.92. The van der Waals surface area contributed by atoms with Gasteiger partial charge >= 0.3 is 0 Å². The fourth-order valence-corrected chi connectivity index (χ4v) is 1.92. The molecule has 0 spiro atoms. The molecule has 5 nitrogen and oxygen atoms in total. The molecule has 0 aliphatic carbocycles. The van der Waals surface area contributed by atoms with Crippen molar-refractivity contribution in [3.8, 4) is 11.5 Å². The molecule has 0 saturated carbocycles. The van der Waals surface area contributed by atoms with E-state index in [1.54, 1.807) is 50.7 Å². The summed E-state index contributed by atoms with van der Waals surface area (Å²) in [7, 11) is 1.55. The van der Waals surface area contributed by atoms with Crippen molar-refractivity contribution < 1.29 is 14.7 Å². The topological polar surface area (TPSA) is 63.9 Å². The fraction of sp³-hybridized carbons (Fsp3) is 0.200. The lowest BCUT2D eigenvalue weighted by molar-refractivity contribution is 0.284. The third kappa shape index (κ3) is 3.64. The van der Waals surface area contributed by atoms with Crippen LogP contribution in [-0.4, -0.2) is 23.0 Å². The Balaban J connectivity index is 2.19. The highest BCUT2D eigenvalue weighted by atomic mass is 35.5. The van der Waals surface area contributed by atoms with Gasteiger partial charge in [0, 0.05) is 23.5 Å². The first kappa shape index (κ1) is 15.1. The average molecular weight is 307 g/mol. The summed E-state index contributed by atoms with van der Waals surface area (Å²) in [5.74, 6) is 1.14. The first-order valence-corrected chi connectivity index (χ1v) is 6.61. The average Bonchev–Trinajstić information content (AvgIpc) is 2.53. The summed E-state index contributed by atoms with van der Waals surface area (Å²) in [6, 6.07) is 7.10. The number of ether oxygens (including phenoxy) is 2. The van der Waals surface area contributed by atoms with E-state index in [0.29, 0.717) is 28.8 Å². The van der Waals surface area contributed by atoms with Gasteiger partial charge in [-0.15, -0.1) is 0 Å². The Kier molecular flexibility index (Phi) is 5.00. The van der Waals surface area contributed by atoms with Gasteiger partial charge in [-0.05, 0) is 31.2 Å². The number of rotatable bonds is 5. The van der Waals surface area contributed by atoms with Crippen molar-refractivity contribution in [3.05, 3.63) is 52.8 Å². The molecule has 2 aromatic rings. The third-order valence-electron chi connectivity index (χ3n) is 2.97. The molecule has 0 radical (unpaired) electrons. The van der Waals surface area contributed by atoms with E-state index in [9.17, 15) is 0 Å². The number of benzene rings is 1. The van der Waals surface area contributed by atoms with Crippen molar-refractivity contribution in [1.82, 2.24) is 4.98 Å². The number of aromatic nitrogens is 1. The highest BCUT2D eigenvalue weighted by Gasteiger charge is 2.09. The summed E-state index contributed by atoms with van der Waals surface area (Å²) in [6.07, 6.45) is 3.23. The molecule has 1 heterocycles. The van der Waals surface area contributed by atoms with Crippen molar-refractivity contribution in [2.45, 2.75) is 13.5 Å². The minimum atomic E-state index is 0.310. The highest BCUT2D eigenvalue weighted by Crippen LogP contribution is 2.29. The van der Waals surface area contributed by atoms with E-state index in [2.05, 4.69) is 10.1 Å². The van der Waals surface area contributed by atoms with Crippen molar-refractivity contribution in [2.75, 3.05) is 7.11 Å². The number of hydrogen-bond donors (Lipinski definition) is 1. The molecule has 21 heavy (non-hydrogen) atoms. The van der Waals surface area contributed by atoms with Gasteiger partial charge in [0.2, 0.25) is 0 Å². The zero-order valence-electron chi connectivity index (χ0n) is 11.7. The monoisotopic (exact) mass is 306 g/mol. The van der Waals surface area contributed by atoms with Crippen molar-refractivity contribution in [2.24, 2.45) is 5.16 Å². The number of pyridine rings is 1. The molecule has 0 aliphatic rings. The number of nitrogens with zero attached hydrogens (tertiary/aromatic N) is 2. The fourth-order valence-electron chi connectivity index (χ4n) is 1.75. The Morgan fingerprint density at radius 1 is 1.33 bits per heavy atom. The molecule has 1 aromatic carbocycles. The first-order valence-electron chi connectivity index (χ1n) is 6.24. The van der Waals surface area contributed by atoms with Gasteiger partial charge in [-0.2, -0.15) is 0 Å². The van der Waals surface area contributed by atoms with Crippen LogP contribution in [0.25, 0.3) is 0 Å².